The van der Waals surface area contributed by atoms with Crippen molar-refractivity contribution in [3.8, 4) is 0 Å². The number of nitrogens with one attached hydrogen (secondary N) is 2. The molecule has 0 fully saturated rings. The Kier molecular flexibility index (Phi) is 7.45. The fourth-order valence-electron chi connectivity index (χ4n) is 1.76. The third-order valence-corrected chi connectivity index (χ3v) is 2.94. The molecule has 10 nitrogen and oxygen atoms in total. The Labute approximate surface area is 131 Å². The third kappa shape index (κ3) is 5.85. The monoisotopic (exact) mass is 332 g/mol. The van der Waals surface area contributed by atoms with Crippen LogP contribution in [0.5, 0.6) is 0 Å². The first-order valence-electron chi connectivity index (χ1n) is 6.72. The quantitative estimate of drug-likeness (QED) is 0.485. The van der Waals surface area contributed by atoms with Crippen LogP contribution in [0, 0.1) is 6.92 Å². The number of amides is 1. The lowest BCUT2D eigenvalue weighted by Crippen LogP contribution is -2.53. The molecule has 0 bridgehead atoms. The highest BCUT2D eigenvalue weighted by Crippen LogP contribution is 2.04. The highest BCUT2D eigenvalue weighted by atomic mass is 16.6. The number of carbonyl (C=O) groups excluding carboxylic acids is 1. The van der Waals surface area contributed by atoms with E-state index in [1.165, 1.54) is 14.2 Å². The second kappa shape index (κ2) is 9.08. The molecule has 0 aromatic carbocycles. The first-order valence-corrected chi connectivity index (χ1v) is 6.72. The van der Waals surface area contributed by atoms with Crippen LogP contribution in [-0.4, -0.2) is 56.5 Å². The van der Waals surface area contributed by atoms with E-state index in [4.69, 9.17) is 23.4 Å². The van der Waals surface area contributed by atoms with Gasteiger partial charge in [-0.1, -0.05) is 0 Å². The van der Waals surface area contributed by atoms with Gasteiger partial charge in [-0.3, -0.25) is 10.1 Å². The summed E-state index contributed by atoms with van der Waals surface area (Å²) >= 11 is 0. The number of aryl methyl sites for hydroxylation is 1. The number of hydrogen-bond donors (Lipinski definition) is 3. The Morgan fingerprint density at radius 3 is 2.26 bits per heavy atom. The maximum atomic E-state index is 12.1. The molecule has 1 aromatic heterocycles. The van der Waals surface area contributed by atoms with Gasteiger partial charge in [0.1, 0.15) is 11.8 Å². The standard InChI is InChI=1S/C13H20N2O8/c1-7-10(23-13(19)22-7)4-14-8(5-20-2)11(16)15-9(6-21-3)12(17)18/h8-9,14H,4-6H2,1-3H3,(H,15,16)(H,17,18). The van der Waals surface area contributed by atoms with Gasteiger partial charge >= 0.3 is 11.8 Å². The number of aliphatic carboxylic acids is 1. The summed E-state index contributed by atoms with van der Waals surface area (Å²) in [6, 6.07) is -2.03. The molecule has 23 heavy (non-hydrogen) atoms. The minimum Gasteiger partial charge on any atom is -0.480 e. The van der Waals surface area contributed by atoms with Gasteiger partial charge in [0, 0.05) is 14.2 Å². The lowest BCUT2D eigenvalue weighted by Gasteiger charge is -2.20. The van der Waals surface area contributed by atoms with E-state index in [0.29, 0.717) is 5.76 Å². The summed E-state index contributed by atoms with van der Waals surface area (Å²) < 4.78 is 19.2. The number of carboxylic acids is 1. The van der Waals surface area contributed by atoms with Crippen molar-refractivity contribution < 1.29 is 33.0 Å². The van der Waals surface area contributed by atoms with E-state index < -0.39 is 29.8 Å². The largest absolute Gasteiger partial charge is 0.519 e. The highest BCUT2D eigenvalue weighted by Gasteiger charge is 2.25. The number of methoxy groups -OCH3 is 2. The molecule has 0 saturated carbocycles. The average Bonchev–Trinajstić information content (AvgIpc) is 2.80. The van der Waals surface area contributed by atoms with E-state index in [2.05, 4.69) is 10.6 Å². The van der Waals surface area contributed by atoms with E-state index in [-0.39, 0.29) is 25.5 Å². The second-order valence-electron chi connectivity index (χ2n) is 4.68. The Morgan fingerprint density at radius 2 is 1.78 bits per heavy atom. The molecule has 0 aliphatic rings. The Balaban J connectivity index is 2.68. The van der Waals surface area contributed by atoms with Crippen LogP contribution in [-0.2, 0) is 25.6 Å². The fourth-order valence-corrected chi connectivity index (χ4v) is 1.76. The maximum Gasteiger partial charge on any atom is 0.519 e. The van der Waals surface area contributed by atoms with E-state index in [1.54, 1.807) is 6.92 Å². The molecule has 0 spiro atoms. The van der Waals surface area contributed by atoms with E-state index in [9.17, 15) is 14.4 Å². The van der Waals surface area contributed by atoms with Crippen molar-refractivity contribution in [2.45, 2.75) is 25.6 Å². The van der Waals surface area contributed by atoms with Gasteiger partial charge in [0.25, 0.3) is 0 Å². The van der Waals surface area contributed by atoms with Gasteiger partial charge < -0.3 is 28.7 Å². The topological polar surface area (TPSA) is 140 Å². The summed E-state index contributed by atoms with van der Waals surface area (Å²) in [7, 11) is 2.73. The molecule has 1 heterocycles. The number of ether oxygens (including phenoxy) is 2. The smallest absolute Gasteiger partial charge is 0.480 e. The van der Waals surface area contributed by atoms with Crippen LogP contribution in [0.3, 0.4) is 0 Å². The van der Waals surface area contributed by atoms with Crippen LogP contribution in [0.15, 0.2) is 13.6 Å². The molecule has 0 aliphatic carbocycles. The molecule has 0 aliphatic heterocycles. The van der Waals surface area contributed by atoms with Crippen LogP contribution in [0.2, 0.25) is 0 Å². The Bertz CT molecular complexity index is 579. The van der Waals surface area contributed by atoms with E-state index in [1.807, 2.05) is 0 Å². The van der Waals surface area contributed by atoms with Crippen molar-refractivity contribution >= 4 is 11.9 Å². The molecule has 1 aromatic rings. The van der Waals surface area contributed by atoms with Gasteiger partial charge in [-0.15, -0.1) is 0 Å². The fraction of sp³-hybridized carbons (Fsp3) is 0.615. The second-order valence-corrected chi connectivity index (χ2v) is 4.68. The molecule has 0 saturated heterocycles. The summed E-state index contributed by atoms with van der Waals surface area (Å²) in [4.78, 5) is 34.1. The molecular formula is C13H20N2O8. The lowest BCUT2D eigenvalue weighted by molar-refractivity contribution is -0.143. The predicted molar refractivity (Wildman–Crippen MR) is 75.9 cm³/mol. The van der Waals surface area contributed by atoms with Gasteiger partial charge in [0.2, 0.25) is 5.91 Å². The maximum absolute atomic E-state index is 12.1. The van der Waals surface area contributed by atoms with Gasteiger partial charge in [0.15, 0.2) is 11.8 Å². The summed E-state index contributed by atoms with van der Waals surface area (Å²) in [5.74, 6) is -2.09. The van der Waals surface area contributed by atoms with Crippen LogP contribution < -0.4 is 16.5 Å². The number of carbonyl (C=O) groups is 2. The van der Waals surface area contributed by atoms with Gasteiger partial charge in [0.05, 0.1) is 19.8 Å². The van der Waals surface area contributed by atoms with Gasteiger partial charge in [-0.2, -0.15) is 0 Å². The Morgan fingerprint density at radius 1 is 1.17 bits per heavy atom. The van der Waals surface area contributed by atoms with Crippen molar-refractivity contribution in [1.82, 2.24) is 10.6 Å². The molecule has 0 radical (unpaired) electrons. The van der Waals surface area contributed by atoms with Crippen molar-refractivity contribution in [2.24, 2.45) is 0 Å². The van der Waals surface area contributed by atoms with Crippen LogP contribution in [0.25, 0.3) is 0 Å². The lowest BCUT2D eigenvalue weighted by atomic mass is 10.2. The molecule has 130 valence electrons. The van der Waals surface area contributed by atoms with Crippen LogP contribution >= 0.6 is 0 Å². The number of hydrogen-bond acceptors (Lipinski definition) is 8. The molecule has 2 unspecified atom stereocenters. The normalized spacial score (nSPS) is 13.5. The molecule has 3 N–H and O–H groups in total. The zero-order valence-corrected chi connectivity index (χ0v) is 13.1. The molecule has 1 rings (SSSR count). The minimum absolute atomic E-state index is 0.00765. The van der Waals surface area contributed by atoms with Gasteiger partial charge in [-0.25, -0.2) is 9.59 Å². The zero-order valence-electron chi connectivity index (χ0n) is 13.1. The van der Waals surface area contributed by atoms with Crippen molar-refractivity contribution in [3.05, 3.63) is 22.1 Å². The summed E-state index contributed by atoms with van der Waals surface area (Å²) in [6.45, 7) is 1.41. The molecule has 10 heteroatoms. The number of rotatable bonds is 10. The van der Waals surface area contributed by atoms with E-state index >= 15 is 0 Å². The molecule has 2 atom stereocenters. The number of carboxylic acid groups (broad SMARTS) is 1. The van der Waals surface area contributed by atoms with E-state index in [0.717, 1.165) is 0 Å². The Hall–Kier alpha value is -2.17. The summed E-state index contributed by atoms with van der Waals surface area (Å²) in [6.07, 6.45) is 0. The molecular weight excluding hydrogens is 312 g/mol. The van der Waals surface area contributed by atoms with Crippen LogP contribution in [0.1, 0.15) is 11.5 Å². The van der Waals surface area contributed by atoms with Crippen molar-refractivity contribution in [2.75, 3.05) is 27.4 Å². The zero-order chi connectivity index (χ0) is 17.4. The average molecular weight is 332 g/mol. The first-order chi connectivity index (χ1) is 10.9. The summed E-state index contributed by atoms with van der Waals surface area (Å²) in [5.41, 5.74) is 0. The highest BCUT2D eigenvalue weighted by molar-refractivity contribution is 5.87. The third-order valence-electron chi connectivity index (χ3n) is 2.94. The molecule has 1 amide bonds. The van der Waals surface area contributed by atoms with Crippen LogP contribution in [0.4, 0.5) is 0 Å². The predicted octanol–water partition coefficient (Wildman–Crippen LogP) is -1.14. The van der Waals surface area contributed by atoms with Crippen molar-refractivity contribution in [1.29, 1.82) is 0 Å². The first kappa shape index (κ1) is 18.9. The summed E-state index contributed by atoms with van der Waals surface area (Å²) in [5, 5.41) is 14.2. The van der Waals surface area contributed by atoms with Gasteiger partial charge in [-0.05, 0) is 6.92 Å². The van der Waals surface area contributed by atoms with Crippen molar-refractivity contribution in [3.63, 3.8) is 0 Å². The minimum atomic E-state index is -1.21. The SMILES string of the molecule is COCC(NC(=O)C(COC)NCc1oc(=O)oc1C)C(=O)O.